The lowest BCUT2D eigenvalue weighted by molar-refractivity contribution is 0.600. The van der Waals surface area contributed by atoms with Gasteiger partial charge in [0.25, 0.3) is 10.0 Å². The highest BCUT2D eigenvalue weighted by atomic mass is 32.2. The highest BCUT2D eigenvalue weighted by Gasteiger charge is 2.17. The Morgan fingerprint density at radius 2 is 1.36 bits per heavy atom. The van der Waals surface area contributed by atoms with Crippen molar-refractivity contribution in [1.29, 1.82) is 0 Å². The van der Waals surface area contributed by atoms with Crippen LogP contribution >= 0.6 is 0 Å². The van der Waals surface area contributed by atoms with Gasteiger partial charge in [-0.15, -0.1) is 0 Å². The van der Waals surface area contributed by atoms with Crippen LogP contribution in [0.1, 0.15) is 19.4 Å². The van der Waals surface area contributed by atoms with Gasteiger partial charge in [0.1, 0.15) is 0 Å². The Labute approximate surface area is 149 Å². The number of benzene rings is 2. The molecule has 0 bridgehead atoms. The number of para-hydroxylation sites is 2. The number of rotatable bonds is 7. The fourth-order valence-corrected chi connectivity index (χ4v) is 4.00. The van der Waals surface area contributed by atoms with E-state index in [9.17, 15) is 16.8 Å². The minimum Gasteiger partial charge on any atom is -0.282 e. The van der Waals surface area contributed by atoms with Crippen LogP contribution in [0.2, 0.25) is 0 Å². The van der Waals surface area contributed by atoms with Crippen LogP contribution in [0.4, 0.5) is 11.4 Å². The first-order valence-corrected chi connectivity index (χ1v) is 11.1. The summed E-state index contributed by atoms with van der Waals surface area (Å²) in [6.45, 7) is 4.19. The lowest BCUT2D eigenvalue weighted by atomic mass is 10.0. The van der Waals surface area contributed by atoms with Gasteiger partial charge in [-0.25, -0.2) is 16.8 Å². The average Bonchev–Trinajstić information content (AvgIpc) is 2.47. The van der Waals surface area contributed by atoms with E-state index in [0.29, 0.717) is 5.92 Å². The molecule has 0 radical (unpaired) electrons. The van der Waals surface area contributed by atoms with Gasteiger partial charge in [-0.3, -0.25) is 9.44 Å². The zero-order valence-electron chi connectivity index (χ0n) is 14.4. The van der Waals surface area contributed by atoms with Crippen LogP contribution in [0.3, 0.4) is 0 Å². The van der Waals surface area contributed by atoms with Crippen LogP contribution in [0.25, 0.3) is 0 Å². The molecule has 25 heavy (non-hydrogen) atoms. The minimum atomic E-state index is -3.82. The summed E-state index contributed by atoms with van der Waals surface area (Å²) in [5, 5.41) is 0. The molecule has 0 aliphatic rings. The number of anilines is 2. The topological polar surface area (TPSA) is 92.3 Å². The summed E-state index contributed by atoms with van der Waals surface area (Å²) >= 11 is 0. The molecule has 0 amide bonds. The third-order valence-electron chi connectivity index (χ3n) is 3.34. The summed E-state index contributed by atoms with van der Waals surface area (Å²) in [6, 6.07) is 12.9. The van der Waals surface area contributed by atoms with E-state index < -0.39 is 20.0 Å². The Morgan fingerprint density at radius 1 is 0.840 bits per heavy atom. The van der Waals surface area contributed by atoms with Crippen LogP contribution in [0.15, 0.2) is 53.4 Å². The van der Waals surface area contributed by atoms with Gasteiger partial charge < -0.3 is 0 Å². The van der Waals surface area contributed by atoms with Crippen molar-refractivity contribution in [3.63, 3.8) is 0 Å². The molecule has 0 aromatic heterocycles. The Hall–Kier alpha value is -2.06. The Balaban J connectivity index is 2.27. The molecule has 0 spiro atoms. The van der Waals surface area contributed by atoms with Gasteiger partial charge in [0.15, 0.2) is 0 Å². The third-order valence-corrected chi connectivity index (χ3v) is 5.32. The van der Waals surface area contributed by atoms with Crippen molar-refractivity contribution in [2.45, 2.75) is 25.2 Å². The number of hydrogen-bond acceptors (Lipinski definition) is 4. The summed E-state index contributed by atoms with van der Waals surface area (Å²) in [7, 11) is -7.34. The van der Waals surface area contributed by atoms with E-state index in [1.807, 2.05) is 0 Å². The second-order valence-electron chi connectivity index (χ2n) is 6.27. The van der Waals surface area contributed by atoms with Gasteiger partial charge in [-0.05, 0) is 42.2 Å². The smallest absolute Gasteiger partial charge is 0.261 e. The van der Waals surface area contributed by atoms with E-state index in [4.69, 9.17) is 0 Å². The molecule has 0 unspecified atom stereocenters. The lowest BCUT2D eigenvalue weighted by Gasteiger charge is -2.13. The molecule has 2 rings (SSSR count). The second kappa shape index (κ2) is 7.45. The number of sulfonamides is 2. The SMILES string of the molecule is CC(C)Cc1ccc(S(=O)(=O)Nc2ccccc2NS(C)(=O)=O)cc1. The maximum absolute atomic E-state index is 12.6. The largest absolute Gasteiger partial charge is 0.282 e. The maximum atomic E-state index is 12.6. The van der Waals surface area contributed by atoms with E-state index in [1.54, 1.807) is 36.4 Å². The molecule has 0 aliphatic carbocycles. The minimum absolute atomic E-state index is 0.120. The standard InChI is InChI=1S/C17H22N2O4S2/c1-13(2)12-14-8-10-15(11-9-14)25(22,23)19-17-7-5-4-6-16(17)18-24(3,20)21/h4-11,13,18-19H,12H2,1-3H3. The van der Waals surface area contributed by atoms with Crippen molar-refractivity contribution < 1.29 is 16.8 Å². The van der Waals surface area contributed by atoms with Gasteiger partial charge in [-0.2, -0.15) is 0 Å². The van der Waals surface area contributed by atoms with Crippen molar-refractivity contribution in [2.24, 2.45) is 5.92 Å². The van der Waals surface area contributed by atoms with Crippen LogP contribution in [-0.4, -0.2) is 23.1 Å². The Morgan fingerprint density at radius 3 is 1.84 bits per heavy atom. The van der Waals surface area contributed by atoms with E-state index >= 15 is 0 Å². The quantitative estimate of drug-likeness (QED) is 0.770. The maximum Gasteiger partial charge on any atom is 0.261 e. The van der Waals surface area contributed by atoms with Crippen molar-refractivity contribution in [3.8, 4) is 0 Å². The Bertz CT molecular complexity index is 935. The molecule has 0 atom stereocenters. The molecule has 0 saturated carbocycles. The zero-order chi connectivity index (χ0) is 18.7. The molecular formula is C17H22N2O4S2. The van der Waals surface area contributed by atoms with E-state index in [0.717, 1.165) is 18.2 Å². The van der Waals surface area contributed by atoms with Crippen LogP contribution < -0.4 is 9.44 Å². The molecule has 6 nitrogen and oxygen atoms in total. The molecule has 0 heterocycles. The number of hydrogen-bond donors (Lipinski definition) is 2. The predicted octanol–water partition coefficient (Wildman–Crippen LogP) is 3.06. The van der Waals surface area contributed by atoms with Crippen molar-refractivity contribution in [3.05, 3.63) is 54.1 Å². The molecule has 0 aliphatic heterocycles. The molecule has 0 saturated heterocycles. The molecule has 0 fully saturated rings. The third kappa shape index (κ3) is 5.75. The summed E-state index contributed by atoms with van der Waals surface area (Å²) in [6.07, 6.45) is 1.88. The van der Waals surface area contributed by atoms with Crippen molar-refractivity contribution in [2.75, 3.05) is 15.7 Å². The fourth-order valence-electron chi connectivity index (χ4n) is 2.34. The summed E-state index contributed by atoms with van der Waals surface area (Å²) < 4.78 is 52.7. The summed E-state index contributed by atoms with van der Waals surface area (Å²) in [5.41, 5.74) is 1.40. The highest BCUT2D eigenvalue weighted by molar-refractivity contribution is 7.93. The van der Waals surface area contributed by atoms with Crippen LogP contribution in [-0.2, 0) is 26.5 Å². The van der Waals surface area contributed by atoms with Gasteiger partial charge >= 0.3 is 0 Å². The van der Waals surface area contributed by atoms with Gasteiger partial charge in [0, 0.05) is 0 Å². The van der Waals surface area contributed by atoms with Gasteiger partial charge in [0.05, 0.1) is 22.5 Å². The summed E-state index contributed by atoms with van der Waals surface area (Å²) in [4.78, 5) is 0.120. The first-order valence-electron chi connectivity index (χ1n) is 7.75. The molecular weight excluding hydrogens is 360 g/mol. The second-order valence-corrected chi connectivity index (χ2v) is 9.70. The van der Waals surface area contributed by atoms with Crippen LogP contribution in [0.5, 0.6) is 0 Å². The van der Waals surface area contributed by atoms with Crippen molar-refractivity contribution in [1.82, 2.24) is 0 Å². The van der Waals surface area contributed by atoms with E-state index in [2.05, 4.69) is 23.3 Å². The summed E-state index contributed by atoms with van der Waals surface area (Å²) in [5.74, 6) is 0.481. The molecule has 2 aromatic rings. The molecule has 2 aromatic carbocycles. The first-order chi connectivity index (χ1) is 11.6. The van der Waals surface area contributed by atoms with E-state index in [1.165, 1.54) is 12.1 Å². The van der Waals surface area contributed by atoms with Crippen LogP contribution in [0, 0.1) is 5.92 Å². The lowest BCUT2D eigenvalue weighted by Crippen LogP contribution is -2.16. The van der Waals surface area contributed by atoms with E-state index in [-0.39, 0.29) is 16.3 Å². The van der Waals surface area contributed by atoms with Gasteiger partial charge in [0.2, 0.25) is 10.0 Å². The Kier molecular flexibility index (Phi) is 5.74. The first kappa shape index (κ1) is 19.3. The highest BCUT2D eigenvalue weighted by Crippen LogP contribution is 2.25. The average molecular weight is 383 g/mol. The molecule has 8 heteroatoms. The monoisotopic (exact) mass is 382 g/mol. The zero-order valence-corrected chi connectivity index (χ0v) is 16.0. The fraction of sp³-hybridized carbons (Fsp3) is 0.294. The molecule has 136 valence electrons. The number of nitrogens with one attached hydrogen (secondary N) is 2. The normalized spacial score (nSPS) is 12.2. The van der Waals surface area contributed by atoms with Crippen molar-refractivity contribution >= 4 is 31.4 Å². The molecule has 2 N–H and O–H groups in total. The van der Waals surface area contributed by atoms with Gasteiger partial charge in [-0.1, -0.05) is 38.1 Å². The predicted molar refractivity (Wildman–Crippen MR) is 101 cm³/mol.